The van der Waals surface area contributed by atoms with E-state index >= 15 is 0 Å². The molecule has 1 amide bonds. The van der Waals surface area contributed by atoms with Gasteiger partial charge in [-0.3, -0.25) is 4.79 Å². The molecular weight excluding hydrogens is 290 g/mol. The molecule has 0 aliphatic heterocycles. The summed E-state index contributed by atoms with van der Waals surface area (Å²) in [6.07, 6.45) is 0. The maximum atomic E-state index is 11.9. The second-order valence-electron chi connectivity index (χ2n) is 4.12. The molecule has 1 aromatic carbocycles. The normalized spacial score (nSPS) is 10.2. The van der Waals surface area contributed by atoms with Crippen LogP contribution >= 0.6 is 23.1 Å². The summed E-state index contributed by atoms with van der Waals surface area (Å²) in [6, 6.07) is 11.3. The minimum Gasteiger partial charge on any atom is -0.497 e. The zero-order valence-corrected chi connectivity index (χ0v) is 12.9. The van der Waals surface area contributed by atoms with Crippen LogP contribution in [0.25, 0.3) is 0 Å². The second kappa shape index (κ2) is 7.97. The third kappa shape index (κ3) is 4.58. The number of thioether (sulfide) groups is 1. The van der Waals surface area contributed by atoms with Gasteiger partial charge in [-0.2, -0.15) is 11.8 Å². The summed E-state index contributed by atoms with van der Waals surface area (Å²) >= 11 is 3.60. The van der Waals surface area contributed by atoms with E-state index in [1.54, 1.807) is 42.7 Å². The molecule has 1 heterocycles. The molecule has 2 aromatic rings. The average molecular weight is 307 g/mol. The van der Waals surface area contributed by atoms with E-state index in [0.717, 1.165) is 17.3 Å². The number of amides is 1. The van der Waals surface area contributed by atoms with Crippen LogP contribution in [0.1, 0.15) is 15.2 Å². The van der Waals surface area contributed by atoms with Gasteiger partial charge in [-0.25, -0.2) is 0 Å². The molecule has 0 fully saturated rings. The van der Waals surface area contributed by atoms with Crippen molar-refractivity contribution in [3.05, 3.63) is 52.2 Å². The van der Waals surface area contributed by atoms with E-state index < -0.39 is 0 Å². The fourth-order valence-electron chi connectivity index (χ4n) is 1.65. The minimum absolute atomic E-state index is 0.0376. The first kappa shape index (κ1) is 14.9. The van der Waals surface area contributed by atoms with Crippen LogP contribution in [0.15, 0.2) is 41.8 Å². The number of rotatable bonds is 7. The van der Waals surface area contributed by atoms with Crippen LogP contribution in [0.5, 0.6) is 5.75 Å². The van der Waals surface area contributed by atoms with E-state index in [4.69, 9.17) is 4.74 Å². The maximum absolute atomic E-state index is 11.9. The molecule has 1 aromatic heterocycles. The average Bonchev–Trinajstić information content (AvgIpc) is 3.00. The molecule has 0 atom stereocenters. The van der Waals surface area contributed by atoms with Gasteiger partial charge < -0.3 is 10.1 Å². The van der Waals surface area contributed by atoms with Crippen LogP contribution in [0, 0.1) is 0 Å². The Kier molecular flexibility index (Phi) is 5.95. The fourth-order valence-corrected chi connectivity index (χ4v) is 3.35. The minimum atomic E-state index is -0.0376. The quantitative estimate of drug-likeness (QED) is 0.797. The van der Waals surface area contributed by atoms with Gasteiger partial charge in [0.05, 0.1) is 7.11 Å². The van der Waals surface area contributed by atoms with Crippen molar-refractivity contribution in [3.8, 4) is 5.75 Å². The molecule has 0 radical (unpaired) electrons. The van der Waals surface area contributed by atoms with Gasteiger partial charge in [-0.15, -0.1) is 11.3 Å². The highest BCUT2D eigenvalue weighted by atomic mass is 32.2. The Balaban J connectivity index is 1.66. The van der Waals surface area contributed by atoms with Crippen molar-refractivity contribution in [2.75, 3.05) is 19.4 Å². The third-order valence-corrected chi connectivity index (χ3v) is 4.78. The molecule has 0 spiro atoms. The molecular formula is C15H17NO2S2. The molecule has 106 valence electrons. The molecule has 0 aliphatic carbocycles. The number of thiophene rings is 1. The van der Waals surface area contributed by atoms with Gasteiger partial charge >= 0.3 is 0 Å². The van der Waals surface area contributed by atoms with Gasteiger partial charge in [0.1, 0.15) is 5.75 Å². The van der Waals surface area contributed by atoms with E-state index in [1.807, 2.05) is 11.8 Å². The van der Waals surface area contributed by atoms with E-state index in [0.29, 0.717) is 12.1 Å². The van der Waals surface area contributed by atoms with Crippen molar-refractivity contribution < 1.29 is 9.53 Å². The topological polar surface area (TPSA) is 38.3 Å². The lowest BCUT2D eigenvalue weighted by Crippen LogP contribution is -2.25. The number of hydrogen-bond acceptors (Lipinski definition) is 4. The van der Waals surface area contributed by atoms with Gasteiger partial charge in [0, 0.05) is 28.5 Å². The molecule has 0 bridgehead atoms. The molecule has 0 unspecified atom stereocenters. The Labute approximate surface area is 127 Å². The molecule has 0 saturated carbocycles. The Morgan fingerprint density at radius 1 is 1.30 bits per heavy atom. The summed E-state index contributed by atoms with van der Waals surface area (Å²) in [4.78, 5) is 13.2. The number of methoxy groups -OCH3 is 1. The third-order valence-electron chi connectivity index (χ3n) is 2.71. The first-order chi connectivity index (χ1) is 9.79. The molecule has 2 rings (SSSR count). The Morgan fingerprint density at radius 2 is 2.10 bits per heavy atom. The van der Waals surface area contributed by atoms with Crippen molar-refractivity contribution >= 4 is 29.0 Å². The van der Waals surface area contributed by atoms with E-state index in [9.17, 15) is 4.79 Å². The summed E-state index contributed by atoms with van der Waals surface area (Å²) < 4.78 is 5.06. The van der Waals surface area contributed by atoms with Gasteiger partial charge in [0.25, 0.3) is 5.91 Å². The van der Waals surface area contributed by atoms with Crippen molar-refractivity contribution in [3.63, 3.8) is 0 Å². The summed E-state index contributed by atoms with van der Waals surface area (Å²) in [6.45, 7) is 0.681. The van der Waals surface area contributed by atoms with Crippen LogP contribution < -0.4 is 10.1 Å². The number of carbonyl (C=O) groups excluding carboxylic acids is 1. The fraction of sp³-hybridized carbons (Fsp3) is 0.267. The van der Waals surface area contributed by atoms with Crippen LogP contribution in [0.3, 0.4) is 0 Å². The van der Waals surface area contributed by atoms with Crippen molar-refractivity contribution in [1.29, 1.82) is 0 Å². The highest BCUT2D eigenvalue weighted by Gasteiger charge is 2.04. The zero-order valence-electron chi connectivity index (χ0n) is 11.3. The molecule has 20 heavy (non-hydrogen) atoms. The van der Waals surface area contributed by atoms with Gasteiger partial charge in [-0.1, -0.05) is 6.07 Å². The molecule has 5 heteroatoms. The Bertz CT molecular complexity index is 523. The van der Waals surface area contributed by atoms with Gasteiger partial charge in [0.15, 0.2) is 0 Å². The zero-order chi connectivity index (χ0) is 14.2. The summed E-state index contributed by atoms with van der Waals surface area (Å²) in [7, 11) is 1.61. The first-order valence-corrected chi connectivity index (χ1v) is 8.35. The van der Waals surface area contributed by atoms with Crippen LogP contribution in [-0.2, 0) is 5.75 Å². The smallest absolute Gasteiger partial charge is 0.251 e. The molecule has 3 nitrogen and oxygen atoms in total. The summed E-state index contributed by atoms with van der Waals surface area (Å²) in [5.41, 5.74) is 0.661. The van der Waals surface area contributed by atoms with Crippen molar-refractivity contribution in [1.82, 2.24) is 5.32 Å². The number of hydrogen-bond donors (Lipinski definition) is 1. The predicted octanol–water partition coefficient (Wildman–Crippen LogP) is 3.42. The monoisotopic (exact) mass is 307 g/mol. The second-order valence-corrected chi connectivity index (χ2v) is 6.25. The van der Waals surface area contributed by atoms with Gasteiger partial charge in [0.2, 0.25) is 0 Å². The van der Waals surface area contributed by atoms with E-state index in [2.05, 4.69) is 22.8 Å². The number of ether oxygens (including phenoxy) is 1. The summed E-state index contributed by atoms with van der Waals surface area (Å²) in [5.74, 6) is 2.65. The largest absolute Gasteiger partial charge is 0.497 e. The number of carbonyl (C=O) groups is 1. The lowest BCUT2D eigenvalue weighted by atomic mass is 10.2. The maximum Gasteiger partial charge on any atom is 0.251 e. The lowest BCUT2D eigenvalue weighted by Gasteiger charge is -2.05. The predicted molar refractivity (Wildman–Crippen MR) is 85.8 cm³/mol. The van der Waals surface area contributed by atoms with E-state index in [-0.39, 0.29) is 5.91 Å². The SMILES string of the molecule is COc1ccc(C(=O)NCCSCc2cccs2)cc1. The molecule has 0 saturated heterocycles. The van der Waals surface area contributed by atoms with E-state index in [1.165, 1.54) is 4.88 Å². The van der Waals surface area contributed by atoms with Crippen LogP contribution in [0.2, 0.25) is 0 Å². The Hall–Kier alpha value is -1.46. The standard InChI is InChI=1S/C15H17NO2S2/c1-18-13-6-4-12(5-7-13)15(17)16-8-10-19-11-14-3-2-9-20-14/h2-7,9H,8,10-11H2,1H3,(H,16,17). The highest BCUT2D eigenvalue weighted by molar-refractivity contribution is 7.98. The van der Waals surface area contributed by atoms with Crippen LogP contribution in [0.4, 0.5) is 0 Å². The highest BCUT2D eigenvalue weighted by Crippen LogP contribution is 2.16. The van der Waals surface area contributed by atoms with Gasteiger partial charge in [-0.05, 0) is 35.7 Å². The molecule has 0 aliphatic rings. The first-order valence-electron chi connectivity index (χ1n) is 6.32. The van der Waals surface area contributed by atoms with Crippen molar-refractivity contribution in [2.45, 2.75) is 5.75 Å². The lowest BCUT2D eigenvalue weighted by molar-refractivity contribution is 0.0956. The van der Waals surface area contributed by atoms with Crippen LogP contribution in [-0.4, -0.2) is 25.3 Å². The summed E-state index contributed by atoms with van der Waals surface area (Å²) in [5, 5.41) is 5.00. The number of benzene rings is 1. The Morgan fingerprint density at radius 3 is 2.75 bits per heavy atom. The number of nitrogens with one attached hydrogen (secondary N) is 1. The van der Waals surface area contributed by atoms with Crippen molar-refractivity contribution in [2.24, 2.45) is 0 Å². The molecule has 1 N–H and O–H groups in total.